The summed E-state index contributed by atoms with van der Waals surface area (Å²) in [5.74, 6) is 0.704. The zero-order valence-corrected chi connectivity index (χ0v) is 13.9. The molecule has 7 heteroatoms. The smallest absolute Gasteiger partial charge is 0.257 e. The van der Waals surface area contributed by atoms with Crippen molar-refractivity contribution in [3.63, 3.8) is 0 Å². The van der Waals surface area contributed by atoms with Gasteiger partial charge in [-0.3, -0.25) is 9.59 Å². The quantitative estimate of drug-likeness (QED) is 0.918. The van der Waals surface area contributed by atoms with Crippen LogP contribution in [0.1, 0.15) is 28.9 Å². The summed E-state index contributed by atoms with van der Waals surface area (Å²) in [5.41, 5.74) is 1.35. The van der Waals surface area contributed by atoms with E-state index in [2.05, 4.69) is 15.4 Å². The largest absolute Gasteiger partial charge is 0.359 e. The molecular weight excluding hydrogens is 306 g/mol. The van der Waals surface area contributed by atoms with Gasteiger partial charge in [-0.15, -0.1) is 0 Å². The van der Waals surface area contributed by atoms with Gasteiger partial charge in [0.15, 0.2) is 5.82 Å². The third-order valence-electron chi connectivity index (χ3n) is 4.51. The minimum absolute atomic E-state index is 0.00334. The first-order chi connectivity index (χ1) is 11.6. The van der Waals surface area contributed by atoms with Crippen molar-refractivity contribution in [3.05, 3.63) is 41.9 Å². The molecule has 0 bridgehead atoms. The van der Waals surface area contributed by atoms with E-state index in [1.807, 2.05) is 25.1 Å². The summed E-state index contributed by atoms with van der Waals surface area (Å²) in [6.45, 7) is 3.04. The molecule has 0 saturated carbocycles. The molecule has 2 aromatic heterocycles. The molecule has 24 heavy (non-hydrogen) atoms. The minimum Gasteiger partial charge on any atom is -0.359 e. The molecule has 1 saturated heterocycles. The summed E-state index contributed by atoms with van der Waals surface area (Å²) in [6, 6.07) is 5.57. The van der Waals surface area contributed by atoms with Crippen LogP contribution in [0.2, 0.25) is 0 Å². The van der Waals surface area contributed by atoms with Gasteiger partial charge in [-0.05, 0) is 31.9 Å². The predicted molar refractivity (Wildman–Crippen MR) is 88.8 cm³/mol. The Hall–Kier alpha value is -2.70. The second-order valence-electron chi connectivity index (χ2n) is 5.92. The van der Waals surface area contributed by atoms with E-state index in [9.17, 15) is 9.59 Å². The van der Waals surface area contributed by atoms with E-state index in [0.29, 0.717) is 37.3 Å². The lowest BCUT2D eigenvalue weighted by molar-refractivity contribution is -0.125. The Morgan fingerprint density at radius 1 is 1.25 bits per heavy atom. The SMILES string of the molecule is CNC(=O)C1CCN(C(=O)c2cnn(-c3ccccn3)c2C)CC1. The third-order valence-corrected chi connectivity index (χ3v) is 4.51. The van der Waals surface area contributed by atoms with Gasteiger partial charge in [0, 0.05) is 32.3 Å². The van der Waals surface area contributed by atoms with Crippen LogP contribution < -0.4 is 5.32 Å². The molecule has 0 radical (unpaired) electrons. The number of carbonyl (C=O) groups is 2. The number of pyridine rings is 1. The maximum absolute atomic E-state index is 12.8. The molecular formula is C17H21N5O2. The fourth-order valence-corrected chi connectivity index (χ4v) is 3.05. The molecule has 0 aliphatic carbocycles. The minimum atomic E-state index is -0.0370. The Morgan fingerprint density at radius 3 is 2.62 bits per heavy atom. The second-order valence-corrected chi connectivity index (χ2v) is 5.92. The Balaban J connectivity index is 1.73. The number of amides is 2. The first kappa shape index (κ1) is 16.2. The van der Waals surface area contributed by atoms with Gasteiger partial charge in [0.2, 0.25) is 5.91 Å². The Morgan fingerprint density at radius 2 is 2.00 bits per heavy atom. The first-order valence-corrected chi connectivity index (χ1v) is 8.08. The second kappa shape index (κ2) is 6.82. The van der Waals surface area contributed by atoms with Gasteiger partial charge < -0.3 is 10.2 Å². The lowest BCUT2D eigenvalue weighted by atomic mass is 9.95. The average molecular weight is 327 g/mol. The highest BCUT2D eigenvalue weighted by Gasteiger charge is 2.28. The molecule has 1 aliphatic rings. The zero-order chi connectivity index (χ0) is 17.1. The van der Waals surface area contributed by atoms with Crippen molar-refractivity contribution in [3.8, 4) is 5.82 Å². The van der Waals surface area contributed by atoms with Crippen molar-refractivity contribution < 1.29 is 9.59 Å². The Bertz CT molecular complexity index is 733. The third kappa shape index (κ3) is 3.02. The van der Waals surface area contributed by atoms with Crippen molar-refractivity contribution in [1.29, 1.82) is 0 Å². The fourth-order valence-electron chi connectivity index (χ4n) is 3.05. The van der Waals surface area contributed by atoms with E-state index in [0.717, 1.165) is 5.69 Å². The fraction of sp³-hybridized carbons (Fsp3) is 0.412. The van der Waals surface area contributed by atoms with Gasteiger partial charge in [-0.1, -0.05) is 6.07 Å². The highest BCUT2D eigenvalue weighted by Crippen LogP contribution is 2.21. The van der Waals surface area contributed by atoms with E-state index in [-0.39, 0.29) is 17.7 Å². The van der Waals surface area contributed by atoms with Crippen molar-refractivity contribution in [1.82, 2.24) is 25.0 Å². The molecule has 2 amide bonds. The van der Waals surface area contributed by atoms with E-state index >= 15 is 0 Å². The van der Waals surface area contributed by atoms with Crippen molar-refractivity contribution >= 4 is 11.8 Å². The van der Waals surface area contributed by atoms with Gasteiger partial charge >= 0.3 is 0 Å². The molecule has 1 aliphatic heterocycles. The van der Waals surface area contributed by atoms with Crippen LogP contribution in [0.5, 0.6) is 0 Å². The lowest BCUT2D eigenvalue weighted by Crippen LogP contribution is -2.42. The first-order valence-electron chi connectivity index (χ1n) is 8.08. The Kier molecular flexibility index (Phi) is 4.59. The lowest BCUT2D eigenvalue weighted by Gasteiger charge is -2.31. The predicted octanol–water partition coefficient (Wildman–Crippen LogP) is 1.17. The van der Waals surface area contributed by atoms with Crippen molar-refractivity contribution in [2.45, 2.75) is 19.8 Å². The van der Waals surface area contributed by atoms with Crippen LogP contribution in [-0.4, -0.2) is 51.6 Å². The molecule has 0 aromatic carbocycles. The van der Waals surface area contributed by atoms with Gasteiger partial charge in [-0.2, -0.15) is 5.10 Å². The number of hydrogen-bond acceptors (Lipinski definition) is 4. The van der Waals surface area contributed by atoms with Crippen LogP contribution in [0.4, 0.5) is 0 Å². The molecule has 3 heterocycles. The van der Waals surface area contributed by atoms with Gasteiger partial charge in [0.1, 0.15) is 0 Å². The van der Waals surface area contributed by atoms with Crippen molar-refractivity contribution in [2.75, 3.05) is 20.1 Å². The van der Waals surface area contributed by atoms with Crippen LogP contribution in [0, 0.1) is 12.8 Å². The summed E-state index contributed by atoms with van der Waals surface area (Å²) >= 11 is 0. The number of hydrogen-bond donors (Lipinski definition) is 1. The maximum atomic E-state index is 12.8. The number of nitrogens with zero attached hydrogens (tertiary/aromatic N) is 4. The maximum Gasteiger partial charge on any atom is 0.257 e. The van der Waals surface area contributed by atoms with Crippen molar-refractivity contribution in [2.24, 2.45) is 5.92 Å². The topological polar surface area (TPSA) is 80.1 Å². The number of piperidine rings is 1. The van der Waals surface area contributed by atoms with E-state index < -0.39 is 0 Å². The molecule has 1 N–H and O–H groups in total. The van der Waals surface area contributed by atoms with Crippen LogP contribution in [0.3, 0.4) is 0 Å². The summed E-state index contributed by atoms with van der Waals surface area (Å²) < 4.78 is 1.67. The zero-order valence-electron chi connectivity index (χ0n) is 13.9. The molecule has 7 nitrogen and oxygen atoms in total. The summed E-state index contributed by atoms with van der Waals surface area (Å²) in [4.78, 5) is 30.5. The highest BCUT2D eigenvalue weighted by atomic mass is 16.2. The summed E-state index contributed by atoms with van der Waals surface area (Å²) in [6.07, 6.45) is 4.68. The molecule has 1 fully saturated rings. The molecule has 0 unspecified atom stereocenters. The van der Waals surface area contributed by atoms with Crippen LogP contribution >= 0.6 is 0 Å². The van der Waals surface area contributed by atoms with Gasteiger partial charge in [0.25, 0.3) is 5.91 Å². The normalized spacial score (nSPS) is 15.3. The van der Waals surface area contributed by atoms with E-state index in [1.54, 1.807) is 29.0 Å². The monoisotopic (exact) mass is 327 g/mol. The van der Waals surface area contributed by atoms with Crippen LogP contribution in [-0.2, 0) is 4.79 Å². The summed E-state index contributed by atoms with van der Waals surface area (Å²) in [7, 11) is 1.65. The number of nitrogens with one attached hydrogen (secondary N) is 1. The van der Waals surface area contributed by atoms with Crippen LogP contribution in [0.25, 0.3) is 5.82 Å². The van der Waals surface area contributed by atoms with E-state index in [1.165, 1.54) is 0 Å². The number of aromatic nitrogens is 3. The number of likely N-dealkylation sites (tertiary alicyclic amines) is 1. The van der Waals surface area contributed by atoms with Crippen LogP contribution in [0.15, 0.2) is 30.6 Å². The number of carbonyl (C=O) groups excluding carboxylic acids is 2. The number of rotatable bonds is 3. The van der Waals surface area contributed by atoms with E-state index in [4.69, 9.17) is 0 Å². The highest BCUT2D eigenvalue weighted by molar-refractivity contribution is 5.95. The molecule has 3 rings (SSSR count). The average Bonchev–Trinajstić information content (AvgIpc) is 3.02. The standard InChI is InChI=1S/C17H21N5O2/c1-12-14(11-20-22(12)15-5-3-4-8-19-15)17(24)21-9-6-13(7-10-21)16(23)18-2/h3-5,8,11,13H,6-7,9-10H2,1-2H3,(H,18,23). The molecule has 126 valence electrons. The van der Waals surface area contributed by atoms with Gasteiger partial charge in [0.05, 0.1) is 17.5 Å². The van der Waals surface area contributed by atoms with Gasteiger partial charge in [-0.25, -0.2) is 9.67 Å². The Labute approximate surface area is 140 Å². The summed E-state index contributed by atoms with van der Waals surface area (Å²) in [5, 5.41) is 6.98. The molecule has 0 atom stereocenters. The molecule has 0 spiro atoms. The molecule has 2 aromatic rings.